The number of hydrogen-bond acceptors (Lipinski definition) is 4. The van der Waals surface area contributed by atoms with E-state index in [-0.39, 0.29) is 6.01 Å². The third-order valence-electron chi connectivity index (χ3n) is 3.39. The average Bonchev–Trinajstić information content (AvgIpc) is 2.81. The summed E-state index contributed by atoms with van der Waals surface area (Å²) in [6.07, 6.45) is 0. The molecule has 7 heteroatoms. The molecule has 0 fully saturated rings. The molecule has 0 saturated heterocycles. The van der Waals surface area contributed by atoms with Gasteiger partial charge in [-0.25, -0.2) is 4.79 Å². The Labute approximate surface area is 119 Å². The lowest BCUT2D eigenvalue weighted by molar-refractivity contribution is 0.427. The Morgan fingerprint density at radius 2 is 1.62 bits per heavy atom. The van der Waals surface area contributed by atoms with Crippen molar-refractivity contribution in [2.24, 2.45) is 21.1 Å². The predicted molar refractivity (Wildman–Crippen MR) is 77.7 cm³/mol. The summed E-state index contributed by atoms with van der Waals surface area (Å²) in [6, 6.07) is 9.39. The van der Waals surface area contributed by atoms with Crippen LogP contribution >= 0.6 is 0 Å². The number of nitrogens with zero attached hydrogens (tertiary/aromatic N) is 4. The molecule has 21 heavy (non-hydrogen) atoms. The fraction of sp³-hybridized carbons (Fsp3) is 0.214. The summed E-state index contributed by atoms with van der Waals surface area (Å²) in [5.74, 6) is 0.609. The maximum atomic E-state index is 12.2. The zero-order chi connectivity index (χ0) is 15.1. The molecule has 2 aromatic heterocycles. The Bertz CT molecular complexity index is 935. The minimum atomic E-state index is -0.420. The number of aryl methyl sites for hydroxylation is 2. The largest absolute Gasteiger partial charge is 0.425 e. The molecule has 0 radical (unpaired) electrons. The van der Waals surface area contributed by atoms with Gasteiger partial charge in [0.15, 0.2) is 11.2 Å². The van der Waals surface area contributed by atoms with Crippen molar-refractivity contribution in [1.82, 2.24) is 18.7 Å². The second kappa shape index (κ2) is 4.62. The quantitative estimate of drug-likeness (QED) is 0.697. The Balaban J connectivity index is 2.26. The lowest BCUT2D eigenvalue weighted by atomic mass is 10.3. The lowest BCUT2D eigenvalue weighted by Crippen LogP contribution is -2.37. The Hall–Kier alpha value is -2.83. The molecule has 108 valence electrons. The number of aromatic nitrogens is 4. The van der Waals surface area contributed by atoms with E-state index in [2.05, 4.69) is 4.98 Å². The van der Waals surface area contributed by atoms with Crippen LogP contribution in [0.15, 0.2) is 39.9 Å². The monoisotopic (exact) mass is 286 g/mol. The molecule has 0 bridgehead atoms. The first-order chi connectivity index (χ1) is 10.0. The zero-order valence-electron chi connectivity index (χ0n) is 11.9. The van der Waals surface area contributed by atoms with E-state index in [1.807, 2.05) is 18.2 Å². The van der Waals surface area contributed by atoms with Gasteiger partial charge in [-0.15, -0.1) is 0 Å². The van der Waals surface area contributed by atoms with E-state index in [1.54, 1.807) is 30.8 Å². The van der Waals surface area contributed by atoms with Crippen LogP contribution in [-0.4, -0.2) is 18.7 Å². The zero-order valence-corrected chi connectivity index (χ0v) is 11.9. The molecule has 0 aliphatic heterocycles. The van der Waals surface area contributed by atoms with Gasteiger partial charge in [-0.3, -0.25) is 18.5 Å². The number of rotatable bonds is 2. The molecule has 7 nitrogen and oxygen atoms in total. The van der Waals surface area contributed by atoms with Gasteiger partial charge in [-0.2, -0.15) is 4.98 Å². The van der Waals surface area contributed by atoms with Gasteiger partial charge in [-0.1, -0.05) is 18.2 Å². The first kappa shape index (κ1) is 13.2. The van der Waals surface area contributed by atoms with Crippen molar-refractivity contribution in [3.8, 4) is 11.8 Å². The van der Waals surface area contributed by atoms with Crippen LogP contribution in [0.25, 0.3) is 11.2 Å². The summed E-state index contributed by atoms with van der Waals surface area (Å²) in [5, 5.41) is 0. The topological polar surface area (TPSA) is 71.1 Å². The molecule has 1 aromatic carbocycles. The SMILES string of the molecule is Cn1c(=O)c2c(nc(Oc3ccccc3)n2C)n(C)c1=O. The van der Waals surface area contributed by atoms with Crippen LogP contribution in [0.3, 0.4) is 0 Å². The molecule has 0 amide bonds. The first-order valence-electron chi connectivity index (χ1n) is 6.36. The summed E-state index contributed by atoms with van der Waals surface area (Å²) < 4.78 is 9.60. The van der Waals surface area contributed by atoms with Crippen molar-refractivity contribution in [2.75, 3.05) is 0 Å². The van der Waals surface area contributed by atoms with E-state index in [1.165, 1.54) is 11.6 Å². The summed E-state index contributed by atoms with van der Waals surface area (Å²) in [6.45, 7) is 0. The van der Waals surface area contributed by atoms with Crippen molar-refractivity contribution in [3.63, 3.8) is 0 Å². The molecule has 2 heterocycles. The van der Waals surface area contributed by atoms with Gasteiger partial charge in [0, 0.05) is 21.1 Å². The Kier molecular flexibility index (Phi) is 2.90. The smallest absolute Gasteiger partial charge is 0.332 e. The Morgan fingerprint density at radius 3 is 2.29 bits per heavy atom. The molecule has 0 aliphatic rings. The third kappa shape index (κ3) is 1.94. The van der Waals surface area contributed by atoms with Crippen molar-refractivity contribution < 1.29 is 4.74 Å². The molecular weight excluding hydrogens is 272 g/mol. The number of hydrogen-bond donors (Lipinski definition) is 0. The molecule has 3 rings (SSSR count). The number of ether oxygens (including phenoxy) is 1. The van der Waals surface area contributed by atoms with Crippen LogP contribution in [-0.2, 0) is 21.1 Å². The summed E-state index contributed by atoms with van der Waals surface area (Å²) in [7, 11) is 4.69. The van der Waals surface area contributed by atoms with E-state index >= 15 is 0 Å². The van der Waals surface area contributed by atoms with E-state index in [9.17, 15) is 9.59 Å². The molecular formula is C14H14N4O3. The predicted octanol–water partition coefficient (Wildman–Crippen LogP) is 0.763. The van der Waals surface area contributed by atoms with Crippen LogP contribution in [0.4, 0.5) is 0 Å². The Morgan fingerprint density at radius 1 is 0.952 bits per heavy atom. The normalized spacial score (nSPS) is 11.0. The third-order valence-corrected chi connectivity index (χ3v) is 3.39. The van der Waals surface area contributed by atoms with Crippen molar-refractivity contribution in [2.45, 2.75) is 0 Å². The van der Waals surface area contributed by atoms with Crippen LogP contribution < -0.4 is 16.0 Å². The maximum absolute atomic E-state index is 12.2. The van der Waals surface area contributed by atoms with Crippen LogP contribution in [0.5, 0.6) is 11.8 Å². The van der Waals surface area contributed by atoms with Crippen molar-refractivity contribution >= 4 is 11.2 Å². The highest BCUT2D eigenvalue weighted by molar-refractivity contribution is 5.71. The fourth-order valence-corrected chi connectivity index (χ4v) is 2.18. The molecule has 0 unspecified atom stereocenters. The average molecular weight is 286 g/mol. The van der Waals surface area contributed by atoms with Crippen molar-refractivity contribution in [3.05, 3.63) is 51.2 Å². The van der Waals surface area contributed by atoms with Gasteiger partial charge in [0.1, 0.15) is 5.75 Å². The van der Waals surface area contributed by atoms with E-state index < -0.39 is 11.2 Å². The van der Waals surface area contributed by atoms with Gasteiger partial charge in [0.2, 0.25) is 0 Å². The number of benzene rings is 1. The van der Waals surface area contributed by atoms with E-state index in [0.29, 0.717) is 16.9 Å². The van der Waals surface area contributed by atoms with Crippen LogP contribution in [0.2, 0.25) is 0 Å². The highest BCUT2D eigenvalue weighted by atomic mass is 16.5. The molecule has 0 saturated carbocycles. The fourth-order valence-electron chi connectivity index (χ4n) is 2.18. The standard InChI is InChI=1S/C14H14N4O3/c1-16-10-11(17(2)14(20)18(3)12(10)19)15-13(16)21-9-7-5-4-6-8-9/h4-8H,1-3H3. The molecule has 0 N–H and O–H groups in total. The minimum Gasteiger partial charge on any atom is -0.425 e. The second-order valence-electron chi connectivity index (χ2n) is 4.75. The van der Waals surface area contributed by atoms with Crippen LogP contribution in [0, 0.1) is 0 Å². The van der Waals surface area contributed by atoms with Gasteiger partial charge in [0.05, 0.1) is 0 Å². The highest BCUT2D eigenvalue weighted by Gasteiger charge is 2.18. The van der Waals surface area contributed by atoms with E-state index in [0.717, 1.165) is 4.57 Å². The molecule has 3 aromatic rings. The van der Waals surface area contributed by atoms with Gasteiger partial charge >= 0.3 is 11.7 Å². The number of imidazole rings is 1. The van der Waals surface area contributed by atoms with Gasteiger partial charge < -0.3 is 4.74 Å². The van der Waals surface area contributed by atoms with Crippen LogP contribution in [0.1, 0.15) is 0 Å². The lowest BCUT2D eigenvalue weighted by Gasteiger charge is -2.04. The molecule has 0 atom stereocenters. The highest BCUT2D eigenvalue weighted by Crippen LogP contribution is 2.22. The summed E-state index contributed by atoms with van der Waals surface area (Å²) in [4.78, 5) is 28.4. The number of fused-ring (bicyclic) bond motifs is 1. The summed E-state index contributed by atoms with van der Waals surface area (Å²) >= 11 is 0. The maximum Gasteiger partial charge on any atom is 0.332 e. The van der Waals surface area contributed by atoms with Gasteiger partial charge in [-0.05, 0) is 12.1 Å². The minimum absolute atomic E-state index is 0.259. The molecule has 0 spiro atoms. The number of para-hydroxylation sites is 1. The van der Waals surface area contributed by atoms with Gasteiger partial charge in [0.25, 0.3) is 5.56 Å². The summed E-state index contributed by atoms with van der Waals surface area (Å²) in [5.41, 5.74) is -0.190. The van der Waals surface area contributed by atoms with E-state index in [4.69, 9.17) is 4.74 Å². The first-order valence-corrected chi connectivity index (χ1v) is 6.36. The second-order valence-corrected chi connectivity index (χ2v) is 4.75. The van der Waals surface area contributed by atoms with Crippen molar-refractivity contribution in [1.29, 1.82) is 0 Å². The molecule has 0 aliphatic carbocycles.